The molecule has 1 amide bonds. The van der Waals surface area contributed by atoms with E-state index >= 15 is 0 Å². The molecule has 1 aromatic carbocycles. The van der Waals surface area contributed by atoms with E-state index in [-0.39, 0.29) is 15.9 Å². The fourth-order valence-electron chi connectivity index (χ4n) is 3.01. The van der Waals surface area contributed by atoms with E-state index < -0.39 is 23.3 Å². The van der Waals surface area contributed by atoms with Crippen LogP contribution >= 0.6 is 15.9 Å². The zero-order valence-corrected chi connectivity index (χ0v) is 16.6. The van der Waals surface area contributed by atoms with Crippen molar-refractivity contribution < 1.29 is 18.3 Å². The number of hydrogen-bond acceptors (Lipinski definition) is 2. The van der Waals surface area contributed by atoms with Crippen LogP contribution in [-0.2, 0) is 11.2 Å². The van der Waals surface area contributed by atoms with Crippen molar-refractivity contribution >= 4 is 27.7 Å². The van der Waals surface area contributed by atoms with Crippen LogP contribution in [0.2, 0.25) is 0 Å². The Morgan fingerprint density at radius 1 is 1.25 bits per heavy atom. The first kappa shape index (κ1) is 19.2. The van der Waals surface area contributed by atoms with Gasteiger partial charge in [0, 0.05) is 6.04 Å². The van der Waals surface area contributed by atoms with Gasteiger partial charge >= 0.3 is 6.09 Å². The molecule has 0 fully saturated rings. The summed E-state index contributed by atoms with van der Waals surface area (Å²) < 4.78 is 33.4. The van der Waals surface area contributed by atoms with Gasteiger partial charge in [-0.2, -0.15) is 0 Å². The largest absolute Gasteiger partial charge is 0.443 e. The Kier molecular flexibility index (Phi) is 5.01. The van der Waals surface area contributed by atoms with Gasteiger partial charge in [-0.05, 0) is 66.6 Å². The molecule has 2 rings (SSSR count). The highest BCUT2D eigenvalue weighted by Gasteiger charge is 2.42. The van der Waals surface area contributed by atoms with Crippen LogP contribution in [-0.4, -0.2) is 17.7 Å². The molecule has 1 atom stereocenters. The number of rotatable bonds is 0. The summed E-state index contributed by atoms with van der Waals surface area (Å²) in [7, 11) is 0. The van der Waals surface area contributed by atoms with Crippen LogP contribution in [0.1, 0.15) is 53.5 Å². The quantitative estimate of drug-likeness (QED) is 0.510. The minimum atomic E-state index is -0.989. The number of amides is 1. The van der Waals surface area contributed by atoms with Crippen molar-refractivity contribution in [3.05, 3.63) is 27.7 Å². The Morgan fingerprint density at radius 2 is 1.83 bits per heavy atom. The van der Waals surface area contributed by atoms with Gasteiger partial charge in [0.2, 0.25) is 0 Å². The number of benzene rings is 1. The lowest BCUT2D eigenvalue weighted by Crippen LogP contribution is -2.52. The summed E-state index contributed by atoms with van der Waals surface area (Å²) in [6, 6.07) is 0.993. The predicted molar refractivity (Wildman–Crippen MR) is 94.3 cm³/mol. The fourth-order valence-corrected chi connectivity index (χ4v) is 3.65. The third kappa shape index (κ3) is 3.73. The summed E-state index contributed by atoms with van der Waals surface area (Å²) in [4.78, 5) is 14.3. The van der Waals surface area contributed by atoms with Crippen LogP contribution in [0.25, 0.3) is 0 Å². The molecule has 0 spiro atoms. The normalized spacial score (nSPS) is 18.4. The van der Waals surface area contributed by atoms with E-state index in [4.69, 9.17) is 4.74 Å². The fraction of sp³-hybridized carbons (Fsp3) is 0.611. The average molecular weight is 404 g/mol. The first-order valence-electron chi connectivity index (χ1n) is 8.01. The summed E-state index contributed by atoms with van der Waals surface area (Å²) in [6.45, 7) is 11.4. The SMILES string of the molecule is CC(C)(C)OC(=O)N1c2c(cc(F)c(F)c2Br)CCC1C(C)(C)C. The molecule has 1 aliphatic rings. The highest BCUT2D eigenvalue weighted by molar-refractivity contribution is 9.10. The molecule has 1 aliphatic heterocycles. The molecule has 0 aromatic heterocycles. The standard InChI is InChI=1S/C18H24BrF2NO2/c1-17(2,3)12-8-7-10-9-11(20)14(21)13(19)15(10)22(12)16(23)24-18(4,5)6/h9,12H,7-8H2,1-6H3. The van der Waals surface area contributed by atoms with Crippen molar-refractivity contribution in [3.8, 4) is 0 Å². The average Bonchev–Trinajstić information content (AvgIpc) is 2.40. The number of anilines is 1. The van der Waals surface area contributed by atoms with Crippen LogP contribution in [0.3, 0.4) is 0 Å². The lowest BCUT2D eigenvalue weighted by Gasteiger charge is -2.44. The highest BCUT2D eigenvalue weighted by Crippen LogP contribution is 2.44. The van der Waals surface area contributed by atoms with Crippen molar-refractivity contribution in [1.82, 2.24) is 0 Å². The van der Waals surface area contributed by atoms with Crippen LogP contribution in [0, 0.1) is 17.0 Å². The van der Waals surface area contributed by atoms with Crippen LogP contribution in [0.5, 0.6) is 0 Å². The second-order valence-electron chi connectivity index (χ2n) is 8.26. The van der Waals surface area contributed by atoms with Gasteiger partial charge in [-0.15, -0.1) is 0 Å². The Morgan fingerprint density at radius 3 is 2.33 bits per heavy atom. The molecule has 0 saturated heterocycles. The summed E-state index contributed by atoms with van der Waals surface area (Å²) in [5, 5.41) is 0. The summed E-state index contributed by atoms with van der Waals surface area (Å²) in [6.07, 6.45) is 0.690. The van der Waals surface area contributed by atoms with Crippen molar-refractivity contribution in [1.29, 1.82) is 0 Å². The molecule has 0 saturated carbocycles. The highest BCUT2D eigenvalue weighted by atomic mass is 79.9. The molecule has 134 valence electrons. The van der Waals surface area contributed by atoms with Crippen LogP contribution in [0.15, 0.2) is 10.5 Å². The Hall–Kier alpha value is -1.17. The minimum Gasteiger partial charge on any atom is -0.443 e. The van der Waals surface area contributed by atoms with E-state index in [2.05, 4.69) is 15.9 Å². The summed E-state index contributed by atoms with van der Waals surface area (Å²) in [5.41, 5.74) is 0.0580. The number of halogens is 3. The van der Waals surface area contributed by atoms with Gasteiger partial charge in [-0.25, -0.2) is 13.6 Å². The van der Waals surface area contributed by atoms with Gasteiger partial charge in [-0.1, -0.05) is 20.8 Å². The minimum absolute atomic E-state index is 0.0303. The number of fused-ring (bicyclic) bond motifs is 1. The summed E-state index contributed by atoms with van der Waals surface area (Å²) >= 11 is 3.13. The number of hydrogen-bond donors (Lipinski definition) is 0. The van der Waals surface area contributed by atoms with Gasteiger partial charge in [0.05, 0.1) is 10.2 Å². The summed E-state index contributed by atoms with van der Waals surface area (Å²) in [5.74, 6) is -1.91. The van der Waals surface area contributed by atoms with E-state index in [1.807, 2.05) is 20.8 Å². The zero-order chi connectivity index (χ0) is 18.4. The van der Waals surface area contributed by atoms with E-state index in [9.17, 15) is 13.6 Å². The van der Waals surface area contributed by atoms with Crippen LogP contribution in [0.4, 0.5) is 19.3 Å². The first-order valence-corrected chi connectivity index (χ1v) is 8.81. The molecule has 0 radical (unpaired) electrons. The molecule has 0 N–H and O–H groups in total. The maximum atomic E-state index is 14.1. The van der Waals surface area contributed by atoms with Crippen molar-refractivity contribution in [2.24, 2.45) is 5.41 Å². The lowest BCUT2D eigenvalue weighted by atomic mass is 9.79. The lowest BCUT2D eigenvalue weighted by molar-refractivity contribution is 0.0530. The topological polar surface area (TPSA) is 29.5 Å². The molecule has 1 unspecified atom stereocenters. The third-order valence-corrected chi connectivity index (χ3v) is 4.77. The molecular weight excluding hydrogens is 380 g/mol. The Bertz CT molecular complexity index is 662. The molecular formula is C18H24BrF2NO2. The molecule has 0 aliphatic carbocycles. The molecule has 1 aromatic rings. The van der Waals surface area contributed by atoms with E-state index in [1.165, 1.54) is 11.0 Å². The van der Waals surface area contributed by atoms with E-state index in [1.54, 1.807) is 20.8 Å². The molecule has 0 bridgehead atoms. The second kappa shape index (κ2) is 6.28. The number of carbonyl (C=O) groups is 1. The first-order chi connectivity index (χ1) is 10.8. The van der Waals surface area contributed by atoms with Gasteiger partial charge in [0.15, 0.2) is 11.6 Å². The molecule has 1 heterocycles. The van der Waals surface area contributed by atoms with Crippen LogP contribution < -0.4 is 4.90 Å². The van der Waals surface area contributed by atoms with Gasteiger partial charge in [0.25, 0.3) is 0 Å². The molecule has 6 heteroatoms. The Balaban J connectivity index is 2.61. The monoisotopic (exact) mass is 403 g/mol. The maximum absolute atomic E-state index is 14.1. The smallest absolute Gasteiger partial charge is 0.415 e. The van der Waals surface area contributed by atoms with Crippen molar-refractivity contribution in [2.75, 3.05) is 4.90 Å². The van der Waals surface area contributed by atoms with Gasteiger partial charge < -0.3 is 4.74 Å². The predicted octanol–water partition coefficient (Wildman–Crippen LogP) is 5.83. The number of carbonyl (C=O) groups excluding carboxylic acids is 1. The third-order valence-electron chi connectivity index (χ3n) is 4.04. The number of aryl methyl sites for hydroxylation is 1. The van der Waals surface area contributed by atoms with E-state index in [0.717, 1.165) is 0 Å². The number of ether oxygens (including phenoxy) is 1. The van der Waals surface area contributed by atoms with Gasteiger partial charge in [-0.3, -0.25) is 4.90 Å². The van der Waals surface area contributed by atoms with Crippen molar-refractivity contribution in [3.63, 3.8) is 0 Å². The Labute approximate surface area is 150 Å². The maximum Gasteiger partial charge on any atom is 0.415 e. The molecule has 24 heavy (non-hydrogen) atoms. The number of nitrogens with zero attached hydrogens (tertiary/aromatic N) is 1. The molecule has 3 nitrogen and oxygen atoms in total. The zero-order valence-electron chi connectivity index (χ0n) is 15.0. The van der Waals surface area contributed by atoms with E-state index in [0.29, 0.717) is 24.1 Å². The van der Waals surface area contributed by atoms with Gasteiger partial charge in [0.1, 0.15) is 5.60 Å². The van der Waals surface area contributed by atoms with Crippen molar-refractivity contribution in [2.45, 2.75) is 66.0 Å². The second-order valence-corrected chi connectivity index (χ2v) is 9.06.